The summed E-state index contributed by atoms with van der Waals surface area (Å²) < 4.78 is 4.21. The number of nitrogens with zero attached hydrogens (tertiary/aromatic N) is 1. The summed E-state index contributed by atoms with van der Waals surface area (Å²) in [5.74, 6) is -0.917. The number of halogens is 1. The lowest BCUT2D eigenvalue weighted by Gasteiger charge is -2.49. The van der Waals surface area contributed by atoms with Crippen molar-refractivity contribution in [2.24, 2.45) is 5.73 Å². The van der Waals surface area contributed by atoms with Crippen molar-refractivity contribution in [3.8, 4) is 0 Å². The summed E-state index contributed by atoms with van der Waals surface area (Å²) >= 11 is 7.30. The van der Waals surface area contributed by atoms with E-state index >= 15 is 0 Å². The van der Waals surface area contributed by atoms with Crippen LogP contribution in [0.3, 0.4) is 0 Å². The van der Waals surface area contributed by atoms with Crippen molar-refractivity contribution >= 4 is 43.3 Å². The highest BCUT2D eigenvalue weighted by Gasteiger charge is 2.53. The second-order valence-electron chi connectivity index (χ2n) is 3.82. The fraction of sp³-hybridized carbons (Fsp3) is 0.556. The van der Waals surface area contributed by atoms with Crippen LogP contribution in [-0.4, -0.2) is 47.4 Å². The largest absolute Gasteiger partial charge is 0.539 e. The third-order valence-electron chi connectivity index (χ3n) is 2.91. The van der Waals surface area contributed by atoms with E-state index < -0.39 is 12.0 Å². The minimum absolute atomic E-state index is 0.00185. The van der Waals surface area contributed by atoms with Crippen LogP contribution >= 0.6 is 23.4 Å². The summed E-state index contributed by atoms with van der Waals surface area (Å²) in [6, 6.07) is -0.583. The molecule has 2 radical (unpaired) electrons. The minimum Gasteiger partial charge on any atom is -0.539 e. The van der Waals surface area contributed by atoms with Crippen LogP contribution in [0.5, 0.6) is 0 Å². The summed E-state index contributed by atoms with van der Waals surface area (Å²) in [7, 11) is 4.87. The smallest absolute Gasteiger partial charge is 0.378 e. The molecular formula is C9H10BClN2O3S. The molecule has 0 saturated carbocycles. The number of carbonyl (C=O) groups excluding carboxylic acids is 2. The lowest BCUT2D eigenvalue weighted by molar-refractivity contribution is -0.146. The molecule has 0 aliphatic carbocycles. The van der Waals surface area contributed by atoms with Crippen molar-refractivity contribution in [2.45, 2.75) is 23.6 Å². The number of rotatable bonds is 2. The van der Waals surface area contributed by atoms with E-state index in [1.807, 2.05) is 6.92 Å². The van der Waals surface area contributed by atoms with Crippen molar-refractivity contribution in [3.05, 3.63) is 11.3 Å². The Balaban J connectivity index is 2.44. The average molecular weight is 273 g/mol. The Morgan fingerprint density at radius 3 is 2.88 bits per heavy atom. The second kappa shape index (κ2) is 4.55. The molecule has 0 aromatic carbocycles. The number of hydrogen-bond acceptors (Lipinski definition) is 5. The van der Waals surface area contributed by atoms with Gasteiger partial charge in [-0.2, -0.15) is 0 Å². The van der Waals surface area contributed by atoms with E-state index in [4.69, 9.17) is 25.4 Å². The van der Waals surface area contributed by atoms with Gasteiger partial charge in [0.05, 0.1) is 0 Å². The molecule has 1 fully saturated rings. The molecule has 0 aromatic heterocycles. The Bertz CT molecular complexity index is 417. The Kier molecular flexibility index (Phi) is 3.42. The number of fused-ring (bicyclic) bond motifs is 1. The highest BCUT2D eigenvalue weighted by Crippen LogP contribution is 2.43. The summed E-state index contributed by atoms with van der Waals surface area (Å²) in [5.41, 5.74) is 6.46. The van der Waals surface area contributed by atoms with Gasteiger partial charge >= 0.3 is 14.0 Å². The Morgan fingerprint density at radius 2 is 2.35 bits per heavy atom. The number of nitrogens with two attached hydrogens (primary N) is 1. The lowest BCUT2D eigenvalue weighted by Crippen LogP contribution is -2.69. The van der Waals surface area contributed by atoms with Crippen LogP contribution in [-0.2, 0) is 14.2 Å². The maximum atomic E-state index is 11.7. The van der Waals surface area contributed by atoms with Gasteiger partial charge in [0.15, 0.2) is 0 Å². The predicted molar refractivity (Wildman–Crippen MR) is 65.3 cm³/mol. The molecule has 3 atom stereocenters. The van der Waals surface area contributed by atoms with Crippen molar-refractivity contribution in [1.29, 1.82) is 0 Å². The number of amides is 1. The molecule has 0 aromatic rings. The first-order valence-corrected chi connectivity index (χ1v) is 6.44. The molecule has 2 rings (SSSR count). The molecular weight excluding hydrogens is 262 g/mol. The minimum atomic E-state index is -0.752. The molecule has 1 amide bonds. The van der Waals surface area contributed by atoms with E-state index in [1.54, 1.807) is 0 Å². The van der Waals surface area contributed by atoms with Crippen molar-refractivity contribution < 1.29 is 14.2 Å². The summed E-state index contributed by atoms with van der Waals surface area (Å²) in [5, 5.41) is -0.236. The second-order valence-corrected chi connectivity index (χ2v) is 5.55. The molecule has 2 heterocycles. The van der Waals surface area contributed by atoms with E-state index in [2.05, 4.69) is 4.65 Å². The first-order chi connectivity index (χ1) is 8.02. The summed E-state index contributed by atoms with van der Waals surface area (Å²) in [6.45, 7) is 1.90. The molecule has 1 unspecified atom stereocenters. The maximum absolute atomic E-state index is 11.7. The van der Waals surface area contributed by atoms with Crippen LogP contribution in [0, 0.1) is 0 Å². The van der Waals surface area contributed by atoms with Gasteiger partial charge in [0.25, 0.3) is 0 Å². The molecule has 90 valence electrons. The lowest BCUT2D eigenvalue weighted by atomic mass is 10.0. The van der Waals surface area contributed by atoms with Crippen LogP contribution in [0.2, 0.25) is 0 Å². The molecule has 2 aliphatic rings. The monoisotopic (exact) mass is 272 g/mol. The molecule has 8 heteroatoms. The highest BCUT2D eigenvalue weighted by atomic mass is 35.5. The Morgan fingerprint density at radius 1 is 1.71 bits per heavy atom. The van der Waals surface area contributed by atoms with E-state index in [0.717, 1.165) is 0 Å². The van der Waals surface area contributed by atoms with Crippen LogP contribution < -0.4 is 5.73 Å². The van der Waals surface area contributed by atoms with Gasteiger partial charge in [0, 0.05) is 11.1 Å². The molecule has 2 aliphatic heterocycles. The number of alkyl halides is 1. The quantitative estimate of drug-likeness (QED) is 0.426. The zero-order chi connectivity index (χ0) is 12.7. The van der Waals surface area contributed by atoms with Crippen LogP contribution in [0.4, 0.5) is 0 Å². The Hall–Kier alpha value is -0.655. The van der Waals surface area contributed by atoms with Crippen molar-refractivity contribution in [3.63, 3.8) is 0 Å². The predicted octanol–water partition coefficient (Wildman–Crippen LogP) is -0.263. The van der Waals surface area contributed by atoms with Crippen LogP contribution in [0.25, 0.3) is 0 Å². The van der Waals surface area contributed by atoms with Gasteiger partial charge in [-0.3, -0.25) is 9.69 Å². The van der Waals surface area contributed by atoms with Crippen LogP contribution in [0.15, 0.2) is 11.3 Å². The zero-order valence-electron chi connectivity index (χ0n) is 9.05. The fourth-order valence-corrected chi connectivity index (χ4v) is 3.81. The maximum Gasteiger partial charge on any atom is 0.378 e. The van der Waals surface area contributed by atoms with Gasteiger partial charge < -0.3 is 10.4 Å². The molecule has 5 nitrogen and oxygen atoms in total. The number of hydrogen-bond donors (Lipinski definition) is 1. The highest BCUT2D eigenvalue weighted by molar-refractivity contribution is 8.00. The fourth-order valence-electron chi connectivity index (χ4n) is 1.97. The van der Waals surface area contributed by atoms with Gasteiger partial charge in [0.2, 0.25) is 5.91 Å². The van der Waals surface area contributed by atoms with E-state index in [-0.39, 0.29) is 28.1 Å². The normalized spacial score (nSPS) is 32.1. The van der Waals surface area contributed by atoms with Crippen molar-refractivity contribution in [1.82, 2.24) is 4.90 Å². The number of carbonyl (C=O) groups is 2. The average Bonchev–Trinajstić information content (AvgIpc) is 2.35. The first-order valence-electron chi connectivity index (χ1n) is 4.97. The van der Waals surface area contributed by atoms with Gasteiger partial charge in [0.1, 0.15) is 17.1 Å². The van der Waals surface area contributed by atoms with Crippen LogP contribution in [0.1, 0.15) is 6.92 Å². The van der Waals surface area contributed by atoms with E-state index in [0.29, 0.717) is 5.57 Å². The molecule has 0 spiro atoms. The first kappa shape index (κ1) is 12.8. The van der Waals surface area contributed by atoms with E-state index in [1.165, 1.54) is 16.7 Å². The SMILES string of the molecule is [B]OC(=O)C1=C(CCl)C(C)S[C@@H]2[C@H](N)C(=O)N12. The molecule has 17 heavy (non-hydrogen) atoms. The third kappa shape index (κ3) is 1.77. The Labute approximate surface area is 109 Å². The van der Waals surface area contributed by atoms with Crippen molar-refractivity contribution in [2.75, 3.05) is 5.88 Å². The molecule has 1 saturated heterocycles. The molecule has 0 bridgehead atoms. The van der Waals surface area contributed by atoms with Gasteiger partial charge in [-0.1, -0.05) is 0 Å². The number of thioether (sulfide) groups is 1. The standard InChI is InChI=1S/C9H10BClN2O3S/c1-3-4(2-11)6(9(15)16-10)13-7(14)5(12)8(13)17-3/h3,5,8H,2,12H2,1H3/t3?,5-,8-/m1/s1. The van der Waals surface area contributed by atoms with Gasteiger partial charge in [-0.25, -0.2) is 4.79 Å². The van der Waals surface area contributed by atoms with Gasteiger partial charge in [-0.15, -0.1) is 23.4 Å². The van der Waals surface area contributed by atoms with E-state index in [9.17, 15) is 9.59 Å². The third-order valence-corrected chi connectivity index (χ3v) is 4.67. The topological polar surface area (TPSA) is 72.6 Å². The molecule has 2 N–H and O–H groups in total. The zero-order valence-corrected chi connectivity index (χ0v) is 10.6. The summed E-state index contributed by atoms with van der Waals surface area (Å²) in [4.78, 5) is 24.6. The van der Waals surface area contributed by atoms with Gasteiger partial charge in [-0.05, 0) is 12.5 Å². The number of β-lactam (4-membered cyclic amide) rings is 1. The summed E-state index contributed by atoms with van der Waals surface area (Å²) in [6.07, 6.45) is 0.